The number of carbonyl (C=O) groups is 1. The molecular weight excluding hydrogens is 238 g/mol. The fourth-order valence-corrected chi connectivity index (χ4v) is 1.82. The smallest absolute Gasteiger partial charge is 0.352 e. The maximum Gasteiger partial charge on any atom is 0.352 e. The van der Waals surface area contributed by atoms with E-state index in [1.165, 1.54) is 17.0 Å². The summed E-state index contributed by atoms with van der Waals surface area (Å²) in [6.07, 6.45) is 2.49. The molecule has 0 saturated carbocycles. The summed E-state index contributed by atoms with van der Waals surface area (Å²) in [4.78, 5) is 26.5. The first-order valence-corrected chi connectivity index (χ1v) is 5.21. The monoisotopic (exact) mass is 249 g/mol. The lowest BCUT2D eigenvalue weighted by Crippen LogP contribution is -2.26. The minimum atomic E-state index is -0.974. The van der Waals surface area contributed by atoms with Crippen LogP contribution in [0.5, 0.6) is 0 Å². The van der Waals surface area contributed by atoms with Gasteiger partial charge in [-0.3, -0.25) is 9.36 Å². The van der Waals surface area contributed by atoms with Crippen molar-refractivity contribution in [3.63, 3.8) is 0 Å². The van der Waals surface area contributed by atoms with Crippen molar-refractivity contribution in [3.8, 4) is 5.69 Å². The van der Waals surface area contributed by atoms with Gasteiger partial charge in [0.2, 0.25) is 0 Å². The Morgan fingerprint density at radius 2 is 2.22 bits per heavy atom. The summed E-state index contributed by atoms with van der Waals surface area (Å²) in [5.74, 6) is -0.974. The molecule has 0 bridgehead atoms. The molecule has 2 aromatic rings. The molecule has 2 rings (SSSR count). The van der Waals surface area contributed by atoms with E-state index in [4.69, 9.17) is 5.11 Å². The summed E-state index contributed by atoms with van der Waals surface area (Å²) in [6, 6.07) is 0. The van der Waals surface area contributed by atoms with Gasteiger partial charge < -0.3 is 9.63 Å². The normalized spacial score (nSPS) is 10.6. The van der Waals surface area contributed by atoms with Crippen LogP contribution in [0.2, 0.25) is 0 Å². The Labute approximate surface area is 102 Å². The summed E-state index contributed by atoms with van der Waals surface area (Å²) in [6.45, 7) is 3.28. The van der Waals surface area contributed by atoms with Crippen molar-refractivity contribution in [1.82, 2.24) is 14.7 Å². The molecule has 0 radical (unpaired) electrons. The molecular formula is C11H11N3O4. The second kappa shape index (κ2) is 4.44. The van der Waals surface area contributed by atoms with E-state index in [1.54, 1.807) is 13.8 Å². The topological polar surface area (TPSA) is 98.2 Å². The molecule has 0 aliphatic rings. The van der Waals surface area contributed by atoms with Crippen LogP contribution in [0.3, 0.4) is 0 Å². The summed E-state index contributed by atoms with van der Waals surface area (Å²) in [7, 11) is 0. The van der Waals surface area contributed by atoms with Crippen molar-refractivity contribution in [1.29, 1.82) is 0 Å². The van der Waals surface area contributed by atoms with Crippen LogP contribution in [-0.4, -0.2) is 25.8 Å². The molecule has 7 heteroatoms. The van der Waals surface area contributed by atoms with E-state index < -0.39 is 11.7 Å². The van der Waals surface area contributed by atoms with Gasteiger partial charge in [0.05, 0.1) is 12.6 Å². The largest absolute Gasteiger partial charge is 0.481 e. The number of hydrogen-bond acceptors (Lipinski definition) is 5. The molecule has 0 saturated heterocycles. The van der Waals surface area contributed by atoms with Crippen molar-refractivity contribution >= 4 is 5.97 Å². The lowest BCUT2D eigenvalue weighted by Gasteiger charge is -2.12. The zero-order chi connectivity index (χ0) is 13.3. The summed E-state index contributed by atoms with van der Waals surface area (Å²) in [5.41, 5.74) is 1.41. The molecule has 1 N–H and O–H groups in total. The van der Waals surface area contributed by atoms with E-state index in [0.717, 1.165) is 0 Å². The Morgan fingerprint density at radius 3 is 2.78 bits per heavy atom. The quantitative estimate of drug-likeness (QED) is 0.848. The van der Waals surface area contributed by atoms with Gasteiger partial charge in [-0.15, -0.1) is 0 Å². The van der Waals surface area contributed by atoms with Gasteiger partial charge in [0.25, 0.3) is 0 Å². The van der Waals surface area contributed by atoms with Crippen LogP contribution in [0.4, 0.5) is 0 Å². The predicted octanol–water partition coefficient (Wildman–Crippen LogP) is 0.464. The zero-order valence-corrected chi connectivity index (χ0v) is 9.88. The summed E-state index contributed by atoms with van der Waals surface area (Å²) in [5, 5.41) is 12.4. The number of hydrogen-bond donors (Lipinski definition) is 1. The van der Waals surface area contributed by atoms with Crippen molar-refractivity contribution in [2.24, 2.45) is 0 Å². The molecule has 0 amide bonds. The summed E-state index contributed by atoms with van der Waals surface area (Å²) < 4.78 is 5.96. The van der Waals surface area contributed by atoms with Crippen LogP contribution in [0.1, 0.15) is 17.0 Å². The van der Waals surface area contributed by atoms with Crippen molar-refractivity contribution in [2.45, 2.75) is 20.3 Å². The molecule has 0 aromatic carbocycles. The molecule has 7 nitrogen and oxygen atoms in total. The molecule has 94 valence electrons. The number of aliphatic carboxylic acids is 1. The Hall–Kier alpha value is -2.44. The third-order valence-corrected chi connectivity index (χ3v) is 2.67. The first-order chi connectivity index (χ1) is 8.50. The average Bonchev–Trinajstić information content (AvgIpc) is 2.77. The van der Waals surface area contributed by atoms with E-state index in [0.29, 0.717) is 22.6 Å². The van der Waals surface area contributed by atoms with Gasteiger partial charge in [-0.1, -0.05) is 5.16 Å². The third-order valence-electron chi connectivity index (χ3n) is 2.67. The average molecular weight is 249 g/mol. The Balaban J connectivity index is 2.68. The number of carboxylic acids is 1. The minimum Gasteiger partial charge on any atom is -0.481 e. The van der Waals surface area contributed by atoms with E-state index in [-0.39, 0.29) is 6.42 Å². The van der Waals surface area contributed by atoms with Crippen LogP contribution < -0.4 is 5.69 Å². The first-order valence-electron chi connectivity index (χ1n) is 5.21. The zero-order valence-electron chi connectivity index (χ0n) is 9.88. The number of aromatic nitrogens is 3. The van der Waals surface area contributed by atoms with Crippen molar-refractivity contribution < 1.29 is 14.4 Å². The van der Waals surface area contributed by atoms with E-state index in [2.05, 4.69) is 14.7 Å². The maximum atomic E-state index is 11.8. The van der Waals surface area contributed by atoms with Gasteiger partial charge in [0, 0.05) is 17.0 Å². The highest BCUT2D eigenvalue weighted by Gasteiger charge is 2.15. The number of rotatable bonds is 3. The standard InChI is InChI=1S/C11H11N3O4/c1-6-9(3-10(15)16)7(2)14(11(17)13-6)8-4-12-18-5-8/h4-5H,3H2,1-2H3,(H,15,16). The van der Waals surface area contributed by atoms with Gasteiger partial charge in [0.1, 0.15) is 12.0 Å². The highest BCUT2D eigenvalue weighted by atomic mass is 16.5. The first kappa shape index (κ1) is 12.0. The van der Waals surface area contributed by atoms with Crippen molar-refractivity contribution in [3.05, 3.63) is 39.9 Å². The molecule has 0 spiro atoms. The minimum absolute atomic E-state index is 0.184. The van der Waals surface area contributed by atoms with E-state index >= 15 is 0 Å². The molecule has 0 unspecified atom stereocenters. The lowest BCUT2D eigenvalue weighted by atomic mass is 10.1. The Kier molecular flexibility index (Phi) is 2.97. The SMILES string of the molecule is Cc1nc(=O)n(-c2cnoc2)c(C)c1CC(=O)O. The van der Waals surface area contributed by atoms with Gasteiger partial charge in [0.15, 0.2) is 0 Å². The Morgan fingerprint density at radius 1 is 1.50 bits per heavy atom. The highest BCUT2D eigenvalue weighted by Crippen LogP contribution is 2.14. The lowest BCUT2D eigenvalue weighted by molar-refractivity contribution is -0.136. The van der Waals surface area contributed by atoms with Crippen LogP contribution in [0, 0.1) is 13.8 Å². The van der Waals surface area contributed by atoms with Crippen molar-refractivity contribution in [2.75, 3.05) is 0 Å². The van der Waals surface area contributed by atoms with Crippen LogP contribution in [-0.2, 0) is 11.2 Å². The molecule has 0 fully saturated rings. The van der Waals surface area contributed by atoms with E-state index in [1.807, 2.05) is 0 Å². The highest BCUT2D eigenvalue weighted by molar-refractivity contribution is 5.71. The number of nitrogens with zero attached hydrogens (tertiary/aromatic N) is 3. The summed E-state index contributed by atoms with van der Waals surface area (Å²) >= 11 is 0. The number of aryl methyl sites for hydroxylation is 1. The molecule has 2 heterocycles. The predicted molar refractivity (Wildman–Crippen MR) is 60.7 cm³/mol. The van der Waals surface area contributed by atoms with Gasteiger partial charge in [-0.2, -0.15) is 4.98 Å². The second-order valence-corrected chi connectivity index (χ2v) is 3.83. The van der Waals surface area contributed by atoms with Crippen LogP contribution in [0.15, 0.2) is 21.8 Å². The molecule has 2 aromatic heterocycles. The van der Waals surface area contributed by atoms with Crippen LogP contribution >= 0.6 is 0 Å². The molecule has 0 atom stereocenters. The fourth-order valence-electron chi connectivity index (χ4n) is 1.82. The molecule has 0 aliphatic carbocycles. The van der Waals surface area contributed by atoms with Gasteiger partial charge >= 0.3 is 11.7 Å². The maximum absolute atomic E-state index is 11.8. The fraction of sp³-hybridized carbons (Fsp3) is 0.273. The second-order valence-electron chi connectivity index (χ2n) is 3.83. The Bertz CT molecular complexity index is 643. The third kappa shape index (κ3) is 2.02. The van der Waals surface area contributed by atoms with Crippen LogP contribution in [0.25, 0.3) is 5.69 Å². The van der Waals surface area contributed by atoms with E-state index in [9.17, 15) is 9.59 Å². The van der Waals surface area contributed by atoms with Gasteiger partial charge in [-0.25, -0.2) is 4.79 Å². The van der Waals surface area contributed by atoms with Gasteiger partial charge in [-0.05, 0) is 13.8 Å². The molecule has 18 heavy (non-hydrogen) atoms. The number of carboxylic acid groups (broad SMARTS) is 1. The molecule has 0 aliphatic heterocycles.